The molecule has 0 aliphatic heterocycles. The van der Waals surface area contributed by atoms with E-state index >= 15 is 0 Å². The molecule has 0 saturated carbocycles. The van der Waals surface area contributed by atoms with Gasteiger partial charge in [0.25, 0.3) is 5.56 Å². The Morgan fingerprint density at radius 1 is 1.33 bits per heavy atom. The molecule has 4 N–H and O–H groups in total. The van der Waals surface area contributed by atoms with E-state index in [4.69, 9.17) is 5.73 Å². The molecular formula is C10H11N5O2S. The largest absolute Gasteiger partial charge is 0.393 e. The number of nitrogens with two attached hydrogens (primary N) is 1. The zero-order valence-corrected chi connectivity index (χ0v) is 10.3. The lowest BCUT2D eigenvalue weighted by Crippen LogP contribution is -2.14. The lowest BCUT2D eigenvalue weighted by Gasteiger charge is -2.05. The van der Waals surface area contributed by atoms with E-state index in [0.29, 0.717) is 10.7 Å². The van der Waals surface area contributed by atoms with Crippen LogP contribution in [0.2, 0.25) is 0 Å². The summed E-state index contributed by atoms with van der Waals surface area (Å²) >= 11 is 0. The zero-order valence-electron chi connectivity index (χ0n) is 9.51. The molecule has 8 heteroatoms. The highest BCUT2D eigenvalue weighted by Gasteiger charge is 2.02. The molecule has 0 aromatic carbocycles. The molecule has 2 heterocycles. The van der Waals surface area contributed by atoms with Gasteiger partial charge in [-0.1, -0.05) is 0 Å². The predicted molar refractivity (Wildman–Crippen MR) is 69.1 cm³/mol. The van der Waals surface area contributed by atoms with Crippen LogP contribution < -0.4 is 16.6 Å². The van der Waals surface area contributed by atoms with Crippen LogP contribution in [0.15, 0.2) is 34.3 Å². The normalized spacial score (nSPS) is 12.1. The minimum Gasteiger partial charge on any atom is -0.393 e. The molecule has 0 aliphatic carbocycles. The molecule has 0 spiro atoms. The number of pyridine rings is 1. The molecule has 1 atom stereocenters. The van der Waals surface area contributed by atoms with Crippen LogP contribution >= 0.6 is 0 Å². The minimum atomic E-state index is -1.12. The first-order chi connectivity index (χ1) is 8.56. The average molecular weight is 265 g/mol. The molecular weight excluding hydrogens is 254 g/mol. The van der Waals surface area contributed by atoms with Crippen molar-refractivity contribution in [1.82, 2.24) is 15.0 Å². The smallest absolute Gasteiger partial charge is 0.275 e. The van der Waals surface area contributed by atoms with Gasteiger partial charge in [-0.15, -0.1) is 0 Å². The number of nitrogen functional groups attached to an aromatic ring is 1. The van der Waals surface area contributed by atoms with Crippen LogP contribution in [0.25, 0.3) is 0 Å². The van der Waals surface area contributed by atoms with Gasteiger partial charge in [0.1, 0.15) is 10.7 Å². The number of hydrogen-bond acceptors (Lipinski definition) is 6. The van der Waals surface area contributed by atoms with Gasteiger partial charge in [0.15, 0.2) is 0 Å². The third kappa shape index (κ3) is 2.72. The van der Waals surface area contributed by atoms with Crippen LogP contribution in [0, 0.1) is 0 Å². The first-order valence-electron chi connectivity index (χ1n) is 4.97. The van der Waals surface area contributed by atoms with Crippen molar-refractivity contribution < 1.29 is 4.21 Å². The van der Waals surface area contributed by atoms with E-state index in [-0.39, 0.29) is 11.6 Å². The molecule has 2 aromatic heterocycles. The third-order valence-corrected chi connectivity index (χ3v) is 2.95. The zero-order chi connectivity index (χ0) is 13.1. The number of hydrogen-bond donors (Lipinski definition) is 3. The lowest BCUT2D eigenvalue weighted by atomic mass is 10.4. The number of anilines is 3. The highest BCUT2D eigenvalue weighted by molar-refractivity contribution is 7.84. The van der Waals surface area contributed by atoms with Crippen LogP contribution in [-0.2, 0) is 10.8 Å². The van der Waals surface area contributed by atoms with E-state index in [1.165, 1.54) is 12.4 Å². The van der Waals surface area contributed by atoms with Gasteiger partial charge in [-0.25, -0.2) is 9.97 Å². The van der Waals surface area contributed by atoms with Crippen LogP contribution in [0.4, 0.5) is 17.3 Å². The third-order valence-electron chi connectivity index (χ3n) is 2.12. The second-order valence-corrected chi connectivity index (χ2v) is 4.81. The van der Waals surface area contributed by atoms with Crippen molar-refractivity contribution in [3.63, 3.8) is 0 Å². The molecule has 2 aromatic rings. The molecule has 1 unspecified atom stereocenters. The molecule has 94 valence electrons. The van der Waals surface area contributed by atoms with Gasteiger partial charge < -0.3 is 11.1 Å². The summed E-state index contributed by atoms with van der Waals surface area (Å²) in [4.78, 5) is 21.6. The van der Waals surface area contributed by atoms with Crippen molar-refractivity contribution in [1.29, 1.82) is 0 Å². The summed E-state index contributed by atoms with van der Waals surface area (Å²) in [7, 11) is -1.12. The Morgan fingerprint density at radius 3 is 2.67 bits per heavy atom. The van der Waals surface area contributed by atoms with Crippen molar-refractivity contribution in [2.24, 2.45) is 0 Å². The molecule has 7 nitrogen and oxygen atoms in total. The fourth-order valence-corrected chi connectivity index (χ4v) is 1.69. The van der Waals surface area contributed by atoms with Crippen LogP contribution in [0.3, 0.4) is 0 Å². The van der Waals surface area contributed by atoms with Gasteiger partial charge in [0, 0.05) is 6.26 Å². The maximum absolute atomic E-state index is 11.3. The Morgan fingerprint density at radius 2 is 2.11 bits per heavy atom. The predicted octanol–water partition coefficient (Wildman–Crippen LogP) is 0.228. The number of nitrogens with one attached hydrogen (secondary N) is 2. The molecule has 18 heavy (non-hydrogen) atoms. The molecule has 0 amide bonds. The Bertz CT molecular complexity index is 637. The van der Waals surface area contributed by atoms with E-state index in [0.717, 1.165) is 0 Å². The summed E-state index contributed by atoms with van der Waals surface area (Å²) in [6, 6.07) is 3.33. The Balaban J connectivity index is 2.20. The summed E-state index contributed by atoms with van der Waals surface area (Å²) in [6.45, 7) is 0. The molecule has 0 aliphatic rings. The number of nitrogens with zero attached hydrogens (tertiary/aromatic N) is 2. The summed E-state index contributed by atoms with van der Waals surface area (Å²) in [5.74, 6) is 0.265. The van der Waals surface area contributed by atoms with Gasteiger partial charge in [-0.2, -0.15) is 0 Å². The lowest BCUT2D eigenvalue weighted by molar-refractivity contribution is 0.684. The van der Waals surface area contributed by atoms with Crippen molar-refractivity contribution in [3.05, 3.63) is 34.9 Å². The summed E-state index contributed by atoms with van der Waals surface area (Å²) < 4.78 is 11.2. The van der Waals surface area contributed by atoms with E-state index < -0.39 is 16.4 Å². The minimum absolute atomic E-state index is 0.0513. The number of aromatic amines is 1. The fourth-order valence-electron chi connectivity index (χ4n) is 1.23. The molecule has 0 fully saturated rings. The van der Waals surface area contributed by atoms with Crippen LogP contribution in [0.5, 0.6) is 0 Å². The summed E-state index contributed by atoms with van der Waals surface area (Å²) in [5, 5.41) is 3.34. The number of H-pyrrole nitrogens is 1. The fraction of sp³-hybridized carbons (Fsp3) is 0.100. The van der Waals surface area contributed by atoms with Gasteiger partial charge in [-0.05, 0) is 12.1 Å². The molecule has 2 rings (SSSR count). The maximum Gasteiger partial charge on any atom is 0.275 e. The number of rotatable bonds is 3. The second kappa shape index (κ2) is 4.96. The monoisotopic (exact) mass is 265 g/mol. The Labute approximate surface area is 105 Å². The molecule has 0 saturated heterocycles. The highest BCUT2D eigenvalue weighted by Crippen LogP contribution is 2.12. The second-order valence-electron chi connectivity index (χ2n) is 3.48. The quantitative estimate of drug-likeness (QED) is 0.732. The Hall–Kier alpha value is -2.22. The van der Waals surface area contributed by atoms with Gasteiger partial charge in [-0.3, -0.25) is 14.0 Å². The average Bonchev–Trinajstić information content (AvgIpc) is 2.34. The van der Waals surface area contributed by atoms with Crippen molar-refractivity contribution in [3.8, 4) is 0 Å². The van der Waals surface area contributed by atoms with Crippen molar-refractivity contribution in [2.45, 2.75) is 5.03 Å². The first-order valence-corrected chi connectivity index (χ1v) is 6.53. The van der Waals surface area contributed by atoms with Gasteiger partial charge in [0.2, 0.25) is 5.95 Å². The van der Waals surface area contributed by atoms with Gasteiger partial charge in [0.05, 0.1) is 28.9 Å². The van der Waals surface area contributed by atoms with E-state index in [2.05, 4.69) is 20.3 Å². The SMILES string of the molecule is CS(=O)c1ccc(Nc2ncc(N)c(=O)[nH]2)cn1. The topological polar surface area (TPSA) is 114 Å². The van der Waals surface area contributed by atoms with Crippen molar-refractivity contribution in [2.75, 3.05) is 17.3 Å². The molecule has 0 bridgehead atoms. The van der Waals surface area contributed by atoms with E-state index in [9.17, 15) is 9.00 Å². The molecule has 0 radical (unpaired) electrons. The van der Waals surface area contributed by atoms with Crippen molar-refractivity contribution >= 4 is 28.1 Å². The maximum atomic E-state index is 11.3. The standard InChI is InChI=1S/C10H11N5O2S/c1-18(17)8-3-2-6(4-12-8)14-10-13-5-7(11)9(16)15-10/h2-5H,11H2,1H3,(H2,13,14,15,16). The van der Waals surface area contributed by atoms with Crippen LogP contribution in [0.1, 0.15) is 0 Å². The van der Waals surface area contributed by atoms with E-state index in [1.807, 2.05) is 0 Å². The highest BCUT2D eigenvalue weighted by atomic mass is 32.2. The first kappa shape index (κ1) is 12.2. The Kier molecular flexibility index (Phi) is 3.38. The van der Waals surface area contributed by atoms with Crippen LogP contribution in [-0.4, -0.2) is 25.4 Å². The van der Waals surface area contributed by atoms with Gasteiger partial charge >= 0.3 is 0 Å². The number of aromatic nitrogens is 3. The van der Waals surface area contributed by atoms with E-state index in [1.54, 1.807) is 18.4 Å². The summed E-state index contributed by atoms with van der Waals surface area (Å²) in [6.07, 6.45) is 4.32. The summed E-state index contributed by atoms with van der Waals surface area (Å²) in [5.41, 5.74) is 5.62.